The van der Waals surface area contributed by atoms with Crippen molar-refractivity contribution in [2.24, 2.45) is 0 Å². The van der Waals surface area contributed by atoms with Gasteiger partial charge in [-0.25, -0.2) is 14.4 Å². The number of carboxylic acids is 3. The number of benzene rings is 6. The molecule has 16 heteroatoms. The van der Waals surface area contributed by atoms with E-state index in [1.165, 1.54) is 25.1 Å². The van der Waals surface area contributed by atoms with E-state index in [9.17, 15) is 58.5 Å². The van der Waals surface area contributed by atoms with Crippen LogP contribution in [0.15, 0.2) is 192 Å². The van der Waals surface area contributed by atoms with Crippen molar-refractivity contribution in [3.63, 3.8) is 0 Å². The van der Waals surface area contributed by atoms with Gasteiger partial charge in [-0.3, -0.25) is 28.8 Å². The molecule has 0 unspecified atom stereocenters. The van der Waals surface area contributed by atoms with Crippen LogP contribution in [0.4, 0.5) is 0 Å². The first-order chi connectivity index (χ1) is 34.4. The Morgan fingerprint density at radius 1 is 0.361 bits per heavy atom. The number of thioether (sulfide) groups is 3. The van der Waals surface area contributed by atoms with Crippen molar-refractivity contribution in [3.05, 3.63) is 227 Å². The average Bonchev–Trinajstić information content (AvgIpc) is 3.39. The number of fused-ring (bicyclic) bond motifs is 3. The highest BCUT2D eigenvalue weighted by atomic mass is 32.2. The lowest BCUT2D eigenvalue weighted by Gasteiger charge is -2.18. The molecule has 0 amide bonds. The third-order valence-corrected chi connectivity index (χ3v) is 14.7. The van der Waals surface area contributed by atoms with Gasteiger partial charge in [0.2, 0.25) is 17.3 Å². The zero-order valence-corrected chi connectivity index (χ0v) is 41.0. The van der Waals surface area contributed by atoms with Crippen LogP contribution in [0.5, 0.6) is 0 Å². The average molecular weight is 1010 g/mol. The normalized spacial score (nSPS) is 13.5. The van der Waals surface area contributed by atoms with Crippen molar-refractivity contribution in [2.45, 2.75) is 42.4 Å². The second-order valence-electron chi connectivity index (χ2n) is 15.4. The molecule has 9 rings (SSSR count). The smallest absolute Gasteiger partial charge is 0.336 e. The molecule has 6 aromatic carbocycles. The molecule has 0 heterocycles. The Morgan fingerprint density at radius 3 is 0.750 bits per heavy atom. The first kappa shape index (κ1) is 52.9. The van der Waals surface area contributed by atoms with E-state index >= 15 is 0 Å². The molecule has 3 aliphatic rings. The standard InChI is InChI=1S/3C18H12O4S.C2H3N/c3*1-10-15(19)11-6-2-3-7-12(11)16(20)17(10)23-14-9-5-4-8-13(14)18(21)22;1-2-3/h3*2-9H,1H3,(H,21,22);1H3. The first-order valence-corrected chi connectivity index (χ1v) is 23.9. The van der Waals surface area contributed by atoms with E-state index in [1.807, 2.05) is 0 Å². The minimum Gasteiger partial charge on any atom is -0.478 e. The number of carbonyl (C=O) groups is 9. The third-order valence-electron chi connectivity index (χ3n) is 10.9. The maximum Gasteiger partial charge on any atom is 0.336 e. The SMILES string of the molecule is CC#N.CC1=C(Sc2ccccc2C(=O)O)C(=O)c2ccccc2C1=O.CC1=C(Sc2ccccc2C(=O)O)C(=O)c2ccccc2C1=O.CC1=C(Sc2ccccc2C(=O)O)C(=O)c2ccccc2C1=O. The Labute approximate surface area is 425 Å². The number of hydrogen-bond acceptors (Lipinski definition) is 13. The van der Waals surface area contributed by atoms with Crippen LogP contribution in [0.2, 0.25) is 0 Å². The van der Waals surface area contributed by atoms with Crippen LogP contribution in [0.25, 0.3) is 0 Å². The Kier molecular flexibility index (Phi) is 17.2. The number of rotatable bonds is 9. The van der Waals surface area contributed by atoms with Crippen molar-refractivity contribution >= 4 is 87.9 Å². The summed E-state index contributed by atoms with van der Waals surface area (Å²) in [6, 6.07) is 41.1. The fourth-order valence-electron chi connectivity index (χ4n) is 7.33. The van der Waals surface area contributed by atoms with Gasteiger partial charge in [0.1, 0.15) is 0 Å². The molecule has 0 saturated carbocycles. The largest absolute Gasteiger partial charge is 0.478 e. The highest BCUT2D eigenvalue weighted by Crippen LogP contribution is 2.41. The molecular formula is C56H39NO12S3. The molecule has 0 bridgehead atoms. The highest BCUT2D eigenvalue weighted by molar-refractivity contribution is 8.04. The molecule has 0 saturated heterocycles. The summed E-state index contributed by atoms with van der Waals surface area (Å²) in [4.78, 5) is 111. The topological polar surface area (TPSA) is 238 Å². The number of carboxylic acid groups (broad SMARTS) is 3. The van der Waals surface area contributed by atoms with Crippen LogP contribution in [0, 0.1) is 11.3 Å². The molecule has 0 spiro atoms. The lowest BCUT2D eigenvalue weighted by molar-refractivity contribution is 0.0682. The van der Waals surface area contributed by atoms with Crippen molar-refractivity contribution in [3.8, 4) is 6.07 Å². The molecule has 0 atom stereocenters. The molecule has 0 aliphatic heterocycles. The van der Waals surface area contributed by atoms with Gasteiger partial charge in [-0.1, -0.05) is 144 Å². The Bertz CT molecular complexity index is 3100. The Morgan fingerprint density at radius 2 is 0.542 bits per heavy atom. The Balaban J connectivity index is 0.000000172. The maximum absolute atomic E-state index is 12.7. The van der Waals surface area contributed by atoms with E-state index in [4.69, 9.17) is 5.26 Å². The second-order valence-corrected chi connectivity index (χ2v) is 18.6. The molecule has 3 aliphatic carbocycles. The van der Waals surface area contributed by atoms with E-state index in [1.54, 1.807) is 154 Å². The number of nitriles is 1. The maximum atomic E-state index is 12.7. The summed E-state index contributed by atoms with van der Waals surface area (Å²) < 4.78 is 0. The number of aromatic carboxylic acids is 3. The molecule has 358 valence electrons. The van der Waals surface area contributed by atoms with Crippen molar-refractivity contribution in [2.75, 3.05) is 0 Å². The summed E-state index contributed by atoms with van der Waals surface area (Å²) in [5.74, 6) is -4.54. The predicted molar refractivity (Wildman–Crippen MR) is 272 cm³/mol. The number of allylic oxidation sites excluding steroid dienone is 6. The highest BCUT2D eigenvalue weighted by Gasteiger charge is 2.33. The minimum absolute atomic E-state index is 0.108. The molecule has 13 nitrogen and oxygen atoms in total. The van der Waals surface area contributed by atoms with Crippen molar-refractivity contribution < 1.29 is 58.5 Å². The van der Waals surface area contributed by atoms with Crippen LogP contribution < -0.4 is 0 Å². The molecule has 72 heavy (non-hydrogen) atoms. The summed E-state index contributed by atoms with van der Waals surface area (Å²) in [7, 11) is 0. The number of ketones is 6. The number of Topliss-reactive ketones (excluding diaryl/α,β-unsaturated/α-hetero) is 6. The summed E-state index contributed by atoms with van der Waals surface area (Å²) >= 11 is 3.09. The van der Waals surface area contributed by atoms with Gasteiger partial charge in [0.15, 0.2) is 17.3 Å². The van der Waals surface area contributed by atoms with Crippen molar-refractivity contribution in [1.29, 1.82) is 5.26 Å². The summed E-state index contributed by atoms with van der Waals surface area (Å²) in [6.07, 6.45) is 0. The molecule has 3 N–H and O–H groups in total. The predicted octanol–water partition coefficient (Wildman–Crippen LogP) is 12.0. The van der Waals surface area contributed by atoms with Crippen LogP contribution in [-0.4, -0.2) is 67.9 Å². The van der Waals surface area contributed by atoms with Crippen LogP contribution in [0.1, 0.15) is 121 Å². The summed E-state index contributed by atoms with van der Waals surface area (Å²) in [6.45, 7) is 6.23. The third kappa shape index (κ3) is 11.2. The number of carbonyl (C=O) groups excluding carboxylic acids is 6. The number of nitrogens with zero attached hydrogens (tertiary/aromatic N) is 1. The van der Waals surface area contributed by atoms with E-state index in [0.717, 1.165) is 35.3 Å². The van der Waals surface area contributed by atoms with Gasteiger partial charge in [0, 0.05) is 71.7 Å². The summed E-state index contributed by atoms with van der Waals surface area (Å²) in [5, 5.41) is 35.1. The summed E-state index contributed by atoms with van der Waals surface area (Å²) in [5.41, 5.74) is 3.63. The van der Waals surface area contributed by atoms with E-state index in [2.05, 4.69) is 0 Å². The molecule has 0 radical (unpaired) electrons. The van der Waals surface area contributed by atoms with Gasteiger partial charge >= 0.3 is 17.9 Å². The van der Waals surface area contributed by atoms with E-state index in [-0.39, 0.29) is 66.1 Å². The first-order valence-electron chi connectivity index (χ1n) is 21.4. The molecule has 6 aromatic rings. The van der Waals surface area contributed by atoms with Gasteiger partial charge in [-0.2, -0.15) is 5.26 Å². The quantitative estimate of drug-likeness (QED) is 0.122. The van der Waals surface area contributed by atoms with E-state index < -0.39 is 17.9 Å². The number of hydrogen-bond donors (Lipinski definition) is 3. The van der Waals surface area contributed by atoms with Gasteiger partial charge in [0.05, 0.1) is 37.5 Å². The minimum atomic E-state index is -1.07. The zero-order chi connectivity index (χ0) is 52.4. The van der Waals surface area contributed by atoms with Crippen molar-refractivity contribution in [1.82, 2.24) is 0 Å². The monoisotopic (exact) mass is 1010 g/mol. The van der Waals surface area contributed by atoms with Gasteiger partial charge in [0.25, 0.3) is 0 Å². The van der Waals surface area contributed by atoms with Crippen LogP contribution >= 0.6 is 35.3 Å². The molecular weight excluding hydrogens is 975 g/mol. The fraction of sp³-hybridized carbons (Fsp3) is 0.0714. The lowest BCUT2D eigenvalue weighted by Crippen LogP contribution is -2.19. The van der Waals surface area contributed by atoms with Gasteiger partial charge < -0.3 is 15.3 Å². The molecule has 0 fully saturated rings. The van der Waals surface area contributed by atoms with Crippen LogP contribution in [-0.2, 0) is 0 Å². The second kappa shape index (κ2) is 23.4. The van der Waals surface area contributed by atoms with Gasteiger partial charge in [-0.05, 0) is 57.2 Å². The Hall–Kier alpha value is -8.49. The van der Waals surface area contributed by atoms with Gasteiger partial charge in [-0.15, -0.1) is 0 Å². The zero-order valence-electron chi connectivity index (χ0n) is 38.5. The van der Waals surface area contributed by atoms with Crippen LogP contribution in [0.3, 0.4) is 0 Å². The van der Waals surface area contributed by atoms with E-state index in [0.29, 0.717) is 64.8 Å². The molecule has 0 aromatic heterocycles. The fourth-order valence-corrected chi connectivity index (χ4v) is 10.6. The lowest BCUT2D eigenvalue weighted by atomic mass is 9.90.